The molecule has 2 unspecified atom stereocenters. The summed E-state index contributed by atoms with van der Waals surface area (Å²) < 4.78 is 0. The van der Waals surface area contributed by atoms with Gasteiger partial charge in [-0.3, -0.25) is 0 Å². The molecule has 3 rings (SSSR count). The van der Waals surface area contributed by atoms with E-state index >= 15 is 0 Å². The largest absolute Gasteiger partial charge is 0.316 e. The minimum absolute atomic E-state index is 0.560. The number of hydrogen-bond donors (Lipinski definition) is 1. The van der Waals surface area contributed by atoms with Gasteiger partial charge in [-0.2, -0.15) is 0 Å². The molecule has 1 aromatic rings. The third kappa shape index (κ3) is 2.35. The Balaban J connectivity index is 1.85. The Labute approximate surface area is 122 Å². The van der Waals surface area contributed by atoms with Crippen molar-refractivity contribution in [2.24, 2.45) is 0 Å². The van der Waals surface area contributed by atoms with Gasteiger partial charge in [-0.1, -0.05) is 0 Å². The Kier molecular flexibility index (Phi) is 3.78. The van der Waals surface area contributed by atoms with Crippen LogP contribution in [0.2, 0.25) is 0 Å². The molecule has 0 aromatic carbocycles. The summed E-state index contributed by atoms with van der Waals surface area (Å²) in [6.45, 7) is 5.10. The lowest BCUT2D eigenvalue weighted by Crippen LogP contribution is -2.39. The summed E-state index contributed by atoms with van der Waals surface area (Å²) in [5.41, 5.74) is 3.55. The predicted molar refractivity (Wildman–Crippen MR) is 80.8 cm³/mol. The van der Waals surface area contributed by atoms with Gasteiger partial charge in [0, 0.05) is 41.5 Å². The minimum atomic E-state index is 0.560. The highest BCUT2D eigenvalue weighted by atomic mass is 15.2. The Hall–Kier alpha value is -1.00. The Morgan fingerprint density at radius 3 is 2.15 bits per heavy atom. The van der Waals surface area contributed by atoms with E-state index in [4.69, 9.17) is 9.97 Å². The Bertz CT molecular complexity index is 462. The first kappa shape index (κ1) is 14.0. The van der Waals surface area contributed by atoms with Gasteiger partial charge in [0.25, 0.3) is 0 Å². The second-order valence-electron chi connectivity index (χ2n) is 6.48. The van der Waals surface area contributed by atoms with Crippen LogP contribution in [-0.2, 0) is 6.54 Å². The zero-order chi connectivity index (χ0) is 14.3. The van der Waals surface area contributed by atoms with E-state index in [1.54, 1.807) is 0 Å². The summed E-state index contributed by atoms with van der Waals surface area (Å²) >= 11 is 0. The highest BCUT2D eigenvalue weighted by Gasteiger charge is 2.39. The van der Waals surface area contributed by atoms with Crippen LogP contribution in [0.25, 0.3) is 0 Å². The van der Waals surface area contributed by atoms with Gasteiger partial charge in [-0.25, -0.2) is 9.97 Å². The second-order valence-corrected chi connectivity index (χ2v) is 6.48. The van der Waals surface area contributed by atoms with Crippen molar-refractivity contribution in [2.45, 2.75) is 64.1 Å². The van der Waals surface area contributed by atoms with Crippen molar-refractivity contribution in [2.75, 3.05) is 14.1 Å². The summed E-state index contributed by atoms with van der Waals surface area (Å²) in [5.74, 6) is 1.65. The van der Waals surface area contributed by atoms with Gasteiger partial charge in [0.15, 0.2) is 0 Å². The van der Waals surface area contributed by atoms with Gasteiger partial charge >= 0.3 is 0 Å². The number of aromatic nitrogens is 2. The molecule has 4 nitrogen and oxygen atoms in total. The van der Waals surface area contributed by atoms with E-state index in [0.29, 0.717) is 5.92 Å². The molecular weight excluding hydrogens is 248 g/mol. The molecule has 2 fully saturated rings. The molecule has 0 aliphatic carbocycles. The summed E-state index contributed by atoms with van der Waals surface area (Å²) in [7, 11) is 4.26. The molecule has 1 aromatic heterocycles. The standard InChI is InChI=1S/C16H26N4/c1-10-15(9-17-3)11(2)19-16(18-10)12-7-13-5-6-14(8-12)20(13)4/h12-14,17H,5-9H2,1-4H3. The molecule has 1 N–H and O–H groups in total. The van der Waals surface area contributed by atoms with E-state index in [2.05, 4.69) is 31.1 Å². The summed E-state index contributed by atoms with van der Waals surface area (Å²) in [6, 6.07) is 1.50. The molecule has 0 saturated carbocycles. The number of piperidine rings is 1. The third-order valence-corrected chi connectivity index (χ3v) is 5.25. The number of fused-ring (bicyclic) bond motifs is 2. The molecule has 2 atom stereocenters. The molecular formula is C16H26N4. The lowest BCUT2D eigenvalue weighted by molar-refractivity contribution is 0.158. The normalized spacial score (nSPS) is 29.9. The van der Waals surface area contributed by atoms with Gasteiger partial charge in [-0.15, -0.1) is 0 Å². The van der Waals surface area contributed by atoms with Crippen molar-refractivity contribution in [3.8, 4) is 0 Å². The fraction of sp³-hybridized carbons (Fsp3) is 0.750. The van der Waals surface area contributed by atoms with Crippen LogP contribution in [0.15, 0.2) is 0 Å². The van der Waals surface area contributed by atoms with Crippen molar-refractivity contribution in [3.63, 3.8) is 0 Å². The number of nitrogens with one attached hydrogen (secondary N) is 1. The Morgan fingerprint density at radius 2 is 1.65 bits per heavy atom. The topological polar surface area (TPSA) is 41.1 Å². The molecule has 3 heterocycles. The number of hydrogen-bond acceptors (Lipinski definition) is 4. The molecule has 20 heavy (non-hydrogen) atoms. The van der Waals surface area contributed by atoms with Crippen LogP contribution >= 0.6 is 0 Å². The molecule has 2 aliphatic rings. The zero-order valence-electron chi connectivity index (χ0n) is 13.1. The SMILES string of the molecule is CNCc1c(C)nc(C2CC3CCC(C2)N3C)nc1C. The summed E-state index contributed by atoms with van der Waals surface area (Å²) in [6.07, 6.45) is 5.18. The van der Waals surface area contributed by atoms with Crippen LogP contribution in [0.1, 0.15) is 54.4 Å². The molecule has 110 valence electrons. The number of rotatable bonds is 3. The predicted octanol–water partition coefficient (Wildman–Crippen LogP) is 2.15. The molecule has 0 spiro atoms. The van der Waals surface area contributed by atoms with Crippen LogP contribution in [0.3, 0.4) is 0 Å². The second kappa shape index (κ2) is 5.41. The number of nitrogens with zero attached hydrogens (tertiary/aromatic N) is 3. The smallest absolute Gasteiger partial charge is 0.132 e. The van der Waals surface area contributed by atoms with E-state index in [0.717, 1.165) is 35.8 Å². The van der Waals surface area contributed by atoms with E-state index in [1.807, 2.05) is 7.05 Å². The first-order chi connectivity index (χ1) is 9.60. The summed E-state index contributed by atoms with van der Waals surface area (Å²) in [4.78, 5) is 12.2. The van der Waals surface area contributed by atoms with Crippen LogP contribution < -0.4 is 5.32 Å². The van der Waals surface area contributed by atoms with Crippen molar-refractivity contribution in [1.29, 1.82) is 0 Å². The maximum absolute atomic E-state index is 4.83. The average molecular weight is 274 g/mol. The maximum Gasteiger partial charge on any atom is 0.132 e. The van der Waals surface area contributed by atoms with Gasteiger partial charge < -0.3 is 10.2 Å². The average Bonchev–Trinajstić information content (AvgIpc) is 2.65. The van der Waals surface area contributed by atoms with Crippen LogP contribution in [-0.4, -0.2) is 41.0 Å². The summed E-state index contributed by atoms with van der Waals surface area (Å²) in [5, 5.41) is 3.21. The fourth-order valence-corrected chi connectivity index (χ4v) is 4.00. The molecule has 2 bridgehead atoms. The molecule has 2 aliphatic heterocycles. The lowest BCUT2D eigenvalue weighted by atomic mass is 9.90. The number of aryl methyl sites for hydroxylation is 2. The molecule has 4 heteroatoms. The van der Waals surface area contributed by atoms with Crippen LogP contribution in [0, 0.1) is 13.8 Å². The fourth-order valence-electron chi connectivity index (χ4n) is 4.00. The first-order valence-corrected chi connectivity index (χ1v) is 7.80. The third-order valence-electron chi connectivity index (χ3n) is 5.25. The lowest BCUT2D eigenvalue weighted by Gasteiger charge is -2.35. The van der Waals surface area contributed by atoms with Gasteiger partial charge in [-0.05, 0) is 53.6 Å². The molecule has 0 radical (unpaired) electrons. The first-order valence-electron chi connectivity index (χ1n) is 7.80. The molecule has 0 amide bonds. The van der Waals surface area contributed by atoms with Gasteiger partial charge in [0.05, 0.1) is 0 Å². The van der Waals surface area contributed by atoms with E-state index in [-0.39, 0.29) is 0 Å². The van der Waals surface area contributed by atoms with Crippen molar-refractivity contribution < 1.29 is 0 Å². The van der Waals surface area contributed by atoms with Gasteiger partial charge in [0.1, 0.15) is 5.82 Å². The Morgan fingerprint density at radius 1 is 1.10 bits per heavy atom. The van der Waals surface area contributed by atoms with Crippen LogP contribution in [0.5, 0.6) is 0 Å². The highest BCUT2D eigenvalue weighted by Crippen LogP contribution is 2.41. The van der Waals surface area contributed by atoms with E-state index < -0.39 is 0 Å². The van der Waals surface area contributed by atoms with E-state index in [1.165, 1.54) is 31.2 Å². The highest BCUT2D eigenvalue weighted by molar-refractivity contribution is 5.25. The molecule has 2 saturated heterocycles. The minimum Gasteiger partial charge on any atom is -0.316 e. The van der Waals surface area contributed by atoms with Gasteiger partial charge in [0.2, 0.25) is 0 Å². The quantitative estimate of drug-likeness (QED) is 0.917. The van der Waals surface area contributed by atoms with Crippen molar-refractivity contribution in [3.05, 3.63) is 22.8 Å². The monoisotopic (exact) mass is 274 g/mol. The van der Waals surface area contributed by atoms with Crippen molar-refractivity contribution in [1.82, 2.24) is 20.2 Å². The van der Waals surface area contributed by atoms with Crippen LogP contribution in [0.4, 0.5) is 0 Å². The van der Waals surface area contributed by atoms with E-state index in [9.17, 15) is 0 Å². The zero-order valence-corrected chi connectivity index (χ0v) is 13.1. The van der Waals surface area contributed by atoms with Crippen molar-refractivity contribution >= 4 is 0 Å². The maximum atomic E-state index is 4.83.